The number of unbranched alkanes of at least 4 members (excludes halogenated alkanes) is 8. The monoisotopic (exact) mass is 379 g/mol. The standard InChI is InChI=1S/C11H23.C5H9O.H2O.Sn.H/c1-3-5-7-9-11-10-8-6-4-2;1-2-4-6-5-3-1;;;/h1,3-11H2,2H3;4H,1-3,5H2;1H2;;. The smallest absolute Gasteiger partial charge is 0.412 e. The van der Waals surface area contributed by atoms with E-state index in [1.807, 2.05) is 0 Å². The Morgan fingerprint density at radius 2 is 1.53 bits per heavy atom. The fourth-order valence-electron chi connectivity index (χ4n) is 2.71. The summed E-state index contributed by atoms with van der Waals surface area (Å²) in [6.07, 6.45) is 17.4. The summed E-state index contributed by atoms with van der Waals surface area (Å²) in [4.78, 5) is 0. The predicted octanol–water partition coefficient (Wildman–Crippen LogP) is 4.07. The van der Waals surface area contributed by atoms with Gasteiger partial charge in [0.2, 0.25) is 0 Å². The van der Waals surface area contributed by atoms with Crippen LogP contribution in [0.4, 0.5) is 0 Å². The summed E-state index contributed by atoms with van der Waals surface area (Å²) in [5.41, 5.74) is 0. The van der Waals surface area contributed by atoms with E-state index in [4.69, 9.17) is 4.74 Å². The molecule has 1 fully saturated rings. The molecule has 0 spiro atoms. The van der Waals surface area contributed by atoms with Crippen LogP contribution in [0.1, 0.15) is 84.0 Å². The van der Waals surface area contributed by atoms with Crippen molar-refractivity contribution in [1.82, 2.24) is 0 Å². The van der Waals surface area contributed by atoms with E-state index >= 15 is 0 Å². The minimum Gasteiger partial charge on any atom is -0.412 e. The van der Waals surface area contributed by atoms with Crippen LogP contribution in [0.25, 0.3) is 0 Å². The normalized spacial score (nSPS) is 19.1. The van der Waals surface area contributed by atoms with E-state index in [9.17, 15) is 0 Å². The fraction of sp³-hybridized carbons (Fsp3) is 1.00. The molecule has 1 unspecified atom stereocenters. The van der Waals surface area contributed by atoms with Crippen LogP contribution in [0, 0.1) is 0 Å². The first-order chi connectivity index (χ1) is 8.93. The van der Waals surface area contributed by atoms with Gasteiger partial charge in [0.05, 0.1) is 0 Å². The van der Waals surface area contributed by atoms with E-state index in [0.717, 1.165) is 10.7 Å². The zero-order chi connectivity index (χ0) is 12.9. The van der Waals surface area contributed by atoms with Gasteiger partial charge in [-0.05, 0) is 0 Å². The molecule has 2 nitrogen and oxygen atoms in total. The minimum absolute atomic E-state index is 0. The van der Waals surface area contributed by atoms with Crippen molar-refractivity contribution in [1.29, 1.82) is 0 Å². The largest absolute Gasteiger partial charge is 0.412 e. The first kappa shape index (κ1) is 19.7. The molecular formula is C16H35O2Sn. The molecule has 0 aliphatic carbocycles. The van der Waals surface area contributed by atoms with E-state index in [1.165, 1.54) is 77.0 Å². The van der Waals surface area contributed by atoms with Gasteiger partial charge in [0.1, 0.15) is 0 Å². The van der Waals surface area contributed by atoms with Crippen molar-refractivity contribution >= 4 is 21.1 Å². The summed E-state index contributed by atoms with van der Waals surface area (Å²) in [5.74, 6) is 0. The Balaban J connectivity index is 0.00000324. The van der Waals surface area contributed by atoms with E-state index in [2.05, 4.69) is 6.92 Å². The molecular weight excluding hydrogens is 343 g/mol. The fourth-order valence-corrected chi connectivity index (χ4v) is 7.39. The van der Waals surface area contributed by atoms with Gasteiger partial charge in [-0.2, -0.15) is 0 Å². The quantitative estimate of drug-likeness (QED) is 0.395. The van der Waals surface area contributed by atoms with E-state index in [-0.39, 0.29) is 26.6 Å². The van der Waals surface area contributed by atoms with E-state index in [0.29, 0.717) is 0 Å². The molecule has 0 aromatic carbocycles. The zero-order valence-corrected chi connectivity index (χ0v) is 16.3. The third kappa shape index (κ3) is 12.2. The number of ether oxygens (including phenoxy) is 1. The second kappa shape index (κ2) is 15.1. The maximum absolute atomic E-state index is 5.84. The summed E-state index contributed by atoms with van der Waals surface area (Å²) >= 11 is -0.358. The van der Waals surface area contributed by atoms with Gasteiger partial charge < -0.3 is 5.48 Å². The maximum atomic E-state index is 5.84. The zero-order valence-electron chi connectivity index (χ0n) is 13.0. The van der Waals surface area contributed by atoms with Gasteiger partial charge in [0, 0.05) is 0 Å². The van der Waals surface area contributed by atoms with Gasteiger partial charge in [-0.25, -0.2) is 0 Å². The molecule has 115 valence electrons. The van der Waals surface area contributed by atoms with Crippen LogP contribution in [-0.4, -0.2) is 37.3 Å². The van der Waals surface area contributed by atoms with Crippen LogP contribution in [0.2, 0.25) is 4.44 Å². The van der Waals surface area contributed by atoms with Gasteiger partial charge in [-0.1, -0.05) is 0 Å². The predicted molar refractivity (Wildman–Crippen MR) is 86.4 cm³/mol. The molecule has 1 rings (SSSR count). The molecule has 0 aromatic heterocycles. The molecule has 19 heavy (non-hydrogen) atoms. The first-order valence-corrected chi connectivity index (χ1v) is 12.6. The topological polar surface area (TPSA) is 40.7 Å². The molecule has 0 aromatic rings. The van der Waals surface area contributed by atoms with Gasteiger partial charge >= 0.3 is 125 Å². The average molecular weight is 378 g/mol. The van der Waals surface area contributed by atoms with Crippen LogP contribution in [-0.2, 0) is 4.74 Å². The summed E-state index contributed by atoms with van der Waals surface area (Å²) in [7, 11) is 0. The molecule has 0 amide bonds. The molecule has 1 radical (unpaired) electrons. The van der Waals surface area contributed by atoms with Crippen molar-refractivity contribution in [3.05, 3.63) is 0 Å². The average Bonchev–Trinajstić information content (AvgIpc) is 2.42. The van der Waals surface area contributed by atoms with Crippen molar-refractivity contribution in [3.63, 3.8) is 0 Å². The van der Waals surface area contributed by atoms with Crippen LogP contribution >= 0.6 is 0 Å². The van der Waals surface area contributed by atoms with Crippen molar-refractivity contribution in [3.8, 4) is 0 Å². The third-order valence-corrected chi connectivity index (χ3v) is 9.07. The van der Waals surface area contributed by atoms with Crippen LogP contribution < -0.4 is 0 Å². The first-order valence-electron chi connectivity index (χ1n) is 8.38. The van der Waals surface area contributed by atoms with E-state index in [1.54, 1.807) is 4.44 Å². The number of hydrogen-bond acceptors (Lipinski definition) is 1. The van der Waals surface area contributed by atoms with Gasteiger partial charge in [0.25, 0.3) is 0 Å². The van der Waals surface area contributed by atoms with Crippen molar-refractivity contribution in [2.45, 2.75) is 92.5 Å². The molecule has 1 aliphatic heterocycles. The third-order valence-electron chi connectivity index (χ3n) is 3.95. The van der Waals surface area contributed by atoms with Gasteiger partial charge in [0.15, 0.2) is 0 Å². The Morgan fingerprint density at radius 3 is 2.11 bits per heavy atom. The minimum atomic E-state index is -0.358. The summed E-state index contributed by atoms with van der Waals surface area (Å²) < 4.78 is 8.22. The molecule has 3 heteroatoms. The Morgan fingerprint density at radius 1 is 0.895 bits per heavy atom. The Bertz CT molecular complexity index is 170. The molecule has 1 saturated heterocycles. The van der Waals surface area contributed by atoms with Crippen LogP contribution in [0.15, 0.2) is 0 Å². The summed E-state index contributed by atoms with van der Waals surface area (Å²) in [6, 6.07) is 0. The molecule has 2 N–H and O–H groups in total. The Hall–Kier alpha value is 0.719. The Labute approximate surface area is 130 Å². The maximum Gasteiger partial charge on any atom is -0.412 e. The van der Waals surface area contributed by atoms with Crippen LogP contribution in [0.5, 0.6) is 0 Å². The second-order valence-electron chi connectivity index (χ2n) is 5.76. The van der Waals surface area contributed by atoms with Crippen molar-refractivity contribution in [2.75, 3.05) is 6.61 Å². The number of rotatable bonds is 11. The summed E-state index contributed by atoms with van der Waals surface area (Å²) in [6.45, 7) is 3.36. The Kier molecular flexibility index (Phi) is 15.7. The van der Waals surface area contributed by atoms with E-state index < -0.39 is 0 Å². The van der Waals surface area contributed by atoms with Crippen molar-refractivity contribution in [2.24, 2.45) is 0 Å². The molecule has 0 bridgehead atoms. The molecule has 0 saturated carbocycles. The molecule has 1 aliphatic rings. The summed E-state index contributed by atoms with van der Waals surface area (Å²) in [5, 5.41) is 0. The van der Waals surface area contributed by atoms with Gasteiger partial charge in [-0.15, -0.1) is 0 Å². The molecule has 1 atom stereocenters. The SMILES string of the molecule is CCCCCCCCCC[CH2][SnH][CH]1CCCCO1.O. The van der Waals surface area contributed by atoms with Crippen molar-refractivity contribution < 1.29 is 10.2 Å². The van der Waals surface area contributed by atoms with Crippen LogP contribution in [0.3, 0.4) is 0 Å². The second-order valence-corrected chi connectivity index (χ2v) is 10.9. The molecule has 1 heterocycles. The van der Waals surface area contributed by atoms with Gasteiger partial charge in [-0.3, -0.25) is 0 Å². The number of hydrogen-bond donors (Lipinski definition) is 0.